The molecule has 20 heavy (non-hydrogen) atoms. The Morgan fingerprint density at radius 1 is 1.05 bits per heavy atom. The minimum Gasteiger partial charge on any atom is -0.508 e. The average molecular weight is 269 g/mol. The molecular weight excluding hydrogens is 254 g/mol. The van der Waals surface area contributed by atoms with Crippen LogP contribution in [-0.2, 0) is 12.8 Å². The van der Waals surface area contributed by atoms with E-state index in [1.54, 1.807) is 12.1 Å². The molecule has 1 aliphatic carbocycles. The maximum atomic E-state index is 10.2. The summed E-state index contributed by atoms with van der Waals surface area (Å²) in [7, 11) is 0. The molecule has 1 atom stereocenters. The van der Waals surface area contributed by atoms with Crippen LogP contribution in [0.25, 0.3) is 11.1 Å². The van der Waals surface area contributed by atoms with Crippen molar-refractivity contribution >= 4 is 0 Å². The SMILES string of the molecule is Oc1cc2c3c(c1)-c1c(ccc(O)c1O)C[C@H]3NCC2. The van der Waals surface area contributed by atoms with E-state index >= 15 is 0 Å². The van der Waals surface area contributed by atoms with E-state index in [0.717, 1.165) is 41.6 Å². The van der Waals surface area contributed by atoms with Gasteiger partial charge in [-0.15, -0.1) is 0 Å². The number of fused-ring (bicyclic) bond motifs is 2. The van der Waals surface area contributed by atoms with Crippen LogP contribution in [0.15, 0.2) is 24.3 Å². The Bertz CT molecular complexity index is 724. The van der Waals surface area contributed by atoms with Crippen molar-refractivity contribution in [2.45, 2.75) is 18.9 Å². The van der Waals surface area contributed by atoms with Gasteiger partial charge in [-0.25, -0.2) is 0 Å². The minimum atomic E-state index is -0.122. The summed E-state index contributed by atoms with van der Waals surface area (Å²) >= 11 is 0. The van der Waals surface area contributed by atoms with Gasteiger partial charge >= 0.3 is 0 Å². The largest absolute Gasteiger partial charge is 0.508 e. The van der Waals surface area contributed by atoms with E-state index in [1.165, 1.54) is 6.07 Å². The number of nitrogens with one attached hydrogen (secondary N) is 1. The van der Waals surface area contributed by atoms with Crippen LogP contribution in [0.2, 0.25) is 0 Å². The summed E-state index contributed by atoms with van der Waals surface area (Å²) in [5.74, 6) is -0.0163. The number of phenolic OH excluding ortho intramolecular Hbond substituents is 3. The summed E-state index contributed by atoms with van der Waals surface area (Å²) in [5, 5.41) is 33.4. The summed E-state index contributed by atoms with van der Waals surface area (Å²) in [6, 6.07) is 7.05. The van der Waals surface area contributed by atoms with Gasteiger partial charge in [0.15, 0.2) is 11.5 Å². The first-order chi connectivity index (χ1) is 9.65. The molecule has 0 spiro atoms. The molecule has 0 saturated heterocycles. The molecule has 0 fully saturated rings. The second-order valence-electron chi connectivity index (χ2n) is 5.49. The van der Waals surface area contributed by atoms with E-state index in [0.29, 0.717) is 5.56 Å². The molecule has 0 radical (unpaired) electrons. The molecule has 0 unspecified atom stereocenters. The van der Waals surface area contributed by atoms with E-state index in [1.807, 2.05) is 6.07 Å². The Morgan fingerprint density at radius 2 is 1.90 bits per heavy atom. The number of aromatic hydroxyl groups is 3. The highest BCUT2D eigenvalue weighted by atomic mass is 16.3. The van der Waals surface area contributed by atoms with E-state index < -0.39 is 0 Å². The van der Waals surface area contributed by atoms with Crippen LogP contribution in [0.5, 0.6) is 17.2 Å². The summed E-state index contributed by atoms with van der Waals surface area (Å²) in [5.41, 5.74) is 4.73. The average Bonchev–Trinajstić information content (AvgIpc) is 2.42. The molecule has 4 N–H and O–H groups in total. The van der Waals surface area contributed by atoms with Gasteiger partial charge in [-0.1, -0.05) is 6.07 Å². The van der Waals surface area contributed by atoms with Crippen LogP contribution in [0.4, 0.5) is 0 Å². The van der Waals surface area contributed by atoms with Crippen molar-refractivity contribution in [3.8, 4) is 28.4 Å². The number of phenols is 3. The number of benzene rings is 2. The van der Waals surface area contributed by atoms with Crippen LogP contribution in [0, 0.1) is 0 Å². The Morgan fingerprint density at radius 3 is 2.75 bits per heavy atom. The Kier molecular flexibility index (Phi) is 2.26. The molecule has 2 aromatic carbocycles. The van der Waals surface area contributed by atoms with Gasteiger partial charge in [0, 0.05) is 11.6 Å². The van der Waals surface area contributed by atoms with E-state index in [-0.39, 0.29) is 23.3 Å². The monoisotopic (exact) mass is 269 g/mol. The molecule has 4 nitrogen and oxygen atoms in total. The Labute approximate surface area is 116 Å². The van der Waals surface area contributed by atoms with Gasteiger partial charge in [0.2, 0.25) is 0 Å². The molecule has 0 saturated carbocycles. The highest BCUT2D eigenvalue weighted by Crippen LogP contribution is 2.49. The zero-order chi connectivity index (χ0) is 13.9. The summed E-state index contributed by atoms with van der Waals surface area (Å²) in [6.07, 6.45) is 1.65. The summed E-state index contributed by atoms with van der Waals surface area (Å²) < 4.78 is 0. The predicted molar refractivity (Wildman–Crippen MR) is 75.0 cm³/mol. The van der Waals surface area contributed by atoms with Crippen LogP contribution in [0.3, 0.4) is 0 Å². The highest BCUT2D eigenvalue weighted by molar-refractivity contribution is 5.83. The zero-order valence-electron chi connectivity index (χ0n) is 10.8. The van der Waals surface area contributed by atoms with Gasteiger partial charge in [0.05, 0.1) is 0 Å². The van der Waals surface area contributed by atoms with Crippen LogP contribution >= 0.6 is 0 Å². The first-order valence-electron chi connectivity index (χ1n) is 6.78. The van der Waals surface area contributed by atoms with Gasteiger partial charge in [-0.3, -0.25) is 0 Å². The second-order valence-corrected chi connectivity index (χ2v) is 5.49. The fraction of sp³-hybridized carbons (Fsp3) is 0.250. The quantitative estimate of drug-likeness (QED) is 0.553. The first kappa shape index (κ1) is 11.6. The lowest BCUT2D eigenvalue weighted by Crippen LogP contribution is -2.33. The molecule has 102 valence electrons. The molecule has 0 amide bonds. The number of rotatable bonds is 0. The van der Waals surface area contributed by atoms with Crippen molar-refractivity contribution in [1.82, 2.24) is 5.32 Å². The molecule has 0 aromatic heterocycles. The van der Waals surface area contributed by atoms with Gasteiger partial charge in [-0.2, -0.15) is 0 Å². The van der Waals surface area contributed by atoms with Gasteiger partial charge in [-0.05, 0) is 59.8 Å². The topological polar surface area (TPSA) is 72.7 Å². The zero-order valence-corrected chi connectivity index (χ0v) is 10.8. The van der Waals surface area contributed by atoms with Crippen molar-refractivity contribution in [3.05, 3.63) is 41.0 Å². The third-order valence-electron chi connectivity index (χ3n) is 4.32. The molecule has 4 rings (SSSR count). The first-order valence-corrected chi connectivity index (χ1v) is 6.78. The van der Waals surface area contributed by atoms with E-state index in [9.17, 15) is 15.3 Å². The molecule has 4 heteroatoms. The maximum absolute atomic E-state index is 10.2. The second kappa shape index (κ2) is 3.90. The lowest BCUT2D eigenvalue weighted by atomic mass is 9.77. The summed E-state index contributed by atoms with van der Waals surface area (Å²) in [6.45, 7) is 0.889. The maximum Gasteiger partial charge on any atom is 0.165 e. The van der Waals surface area contributed by atoms with Crippen LogP contribution in [-0.4, -0.2) is 21.9 Å². The molecule has 1 heterocycles. The Balaban J connectivity index is 2.08. The number of hydrogen-bond donors (Lipinski definition) is 4. The van der Waals surface area contributed by atoms with E-state index in [4.69, 9.17) is 0 Å². The molecule has 2 aliphatic rings. The van der Waals surface area contributed by atoms with Crippen molar-refractivity contribution in [2.24, 2.45) is 0 Å². The molecule has 1 aliphatic heterocycles. The predicted octanol–water partition coefficient (Wildman–Crippen LogP) is 2.21. The number of hydrogen-bond acceptors (Lipinski definition) is 4. The summed E-state index contributed by atoms with van der Waals surface area (Å²) in [4.78, 5) is 0. The molecule has 2 aromatic rings. The van der Waals surface area contributed by atoms with Gasteiger partial charge in [0.1, 0.15) is 5.75 Å². The van der Waals surface area contributed by atoms with Gasteiger partial charge < -0.3 is 20.6 Å². The van der Waals surface area contributed by atoms with Crippen molar-refractivity contribution in [3.63, 3.8) is 0 Å². The lowest BCUT2D eigenvalue weighted by molar-refractivity contribution is 0.402. The normalized spacial score (nSPS) is 19.3. The van der Waals surface area contributed by atoms with Crippen molar-refractivity contribution < 1.29 is 15.3 Å². The van der Waals surface area contributed by atoms with Crippen LogP contribution in [0.1, 0.15) is 22.7 Å². The third kappa shape index (κ3) is 1.45. The van der Waals surface area contributed by atoms with Crippen LogP contribution < -0.4 is 5.32 Å². The smallest absolute Gasteiger partial charge is 0.165 e. The molecular formula is C16H15NO3. The van der Waals surface area contributed by atoms with Crippen molar-refractivity contribution in [1.29, 1.82) is 0 Å². The lowest BCUT2D eigenvalue weighted by Gasteiger charge is -2.34. The minimum absolute atomic E-state index is 0.0978. The van der Waals surface area contributed by atoms with E-state index in [2.05, 4.69) is 5.32 Å². The Hall–Kier alpha value is -2.20. The van der Waals surface area contributed by atoms with Crippen molar-refractivity contribution in [2.75, 3.05) is 6.54 Å². The fourth-order valence-corrected chi connectivity index (χ4v) is 3.49. The fourth-order valence-electron chi connectivity index (χ4n) is 3.49. The highest BCUT2D eigenvalue weighted by Gasteiger charge is 2.32. The third-order valence-corrected chi connectivity index (χ3v) is 4.32. The van der Waals surface area contributed by atoms with Gasteiger partial charge in [0.25, 0.3) is 0 Å². The standard InChI is InChI=1S/C16H15NO3/c18-10-5-9-3-4-17-12-6-8-1-2-13(19)16(20)15(8)11(7-10)14(9)12/h1-2,5,7,12,17-20H,3-4,6H2/t12-/m1/s1. The molecule has 0 bridgehead atoms.